The van der Waals surface area contributed by atoms with Crippen LogP contribution in [0.3, 0.4) is 0 Å². The van der Waals surface area contributed by atoms with Crippen LogP contribution in [0.2, 0.25) is 0 Å². The number of hydrogen-bond donors (Lipinski definition) is 0. The molecule has 0 aliphatic heterocycles. The molecule has 1 heterocycles. The summed E-state index contributed by atoms with van der Waals surface area (Å²) in [6.07, 6.45) is 0. The second kappa shape index (κ2) is 8.44. The van der Waals surface area contributed by atoms with E-state index in [4.69, 9.17) is 4.42 Å². The van der Waals surface area contributed by atoms with E-state index >= 15 is 0 Å². The van der Waals surface area contributed by atoms with E-state index in [0.717, 1.165) is 39.4 Å². The Balaban J connectivity index is 1.48. The Labute approximate surface area is 209 Å². The highest BCUT2D eigenvalue weighted by atomic mass is 16.3. The molecule has 0 bridgehead atoms. The summed E-state index contributed by atoms with van der Waals surface area (Å²) in [4.78, 5) is 2.37. The summed E-state index contributed by atoms with van der Waals surface area (Å²) < 4.78 is 6.22. The van der Waals surface area contributed by atoms with E-state index in [1.807, 2.05) is 18.2 Å². The van der Waals surface area contributed by atoms with E-state index < -0.39 is 0 Å². The molecule has 7 aromatic rings. The molecule has 0 amide bonds. The molecular weight excluding hydrogens is 438 g/mol. The number of hydrogen-bond acceptors (Lipinski definition) is 2. The third-order valence-corrected chi connectivity index (χ3v) is 6.83. The minimum absolute atomic E-state index is 0.869. The normalized spacial score (nSPS) is 11.3. The lowest BCUT2D eigenvalue weighted by atomic mass is 10.0. The van der Waals surface area contributed by atoms with Gasteiger partial charge in [0.2, 0.25) is 0 Å². The molecule has 6 aromatic carbocycles. The van der Waals surface area contributed by atoms with Gasteiger partial charge in [-0.15, -0.1) is 0 Å². The first-order valence-corrected chi connectivity index (χ1v) is 12.2. The van der Waals surface area contributed by atoms with Crippen molar-refractivity contribution in [2.24, 2.45) is 0 Å². The average Bonchev–Trinajstić information content (AvgIpc) is 3.38. The number of para-hydroxylation sites is 1. The third kappa shape index (κ3) is 3.43. The first-order valence-electron chi connectivity index (χ1n) is 12.2. The number of benzene rings is 6. The predicted molar refractivity (Wildman–Crippen MR) is 151 cm³/mol. The molecule has 36 heavy (non-hydrogen) atoms. The van der Waals surface area contributed by atoms with Crippen LogP contribution in [0.5, 0.6) is 0 Å². The highest BCUT2D eigenvalue weighted by Crippen LogP contribution is 2.43. The topological polar surface area (TPSA) is 16.4 Å². The minimum atomic E-state index is 0.869. The van der Waals surface area contributed by atoms with Crippen molar-refractivity contribution in [2.45, 2.75) is 0 Å². The zero-order chi connectivity index (χ0) is 23.9. The summed E-state index contributed by atoms with van der Waals surface area (Å²) >= 11 is 0. The fourth-order valence-corrected chi connectivity index (χ4v) is 5.14. The van der Waals surface area contributed by atoms with E-state index in [1.165, 1.54) is 21.5 Å². The number of rotatable bonds is 4. The molecule has 0 radical (unpaired) electrons. The number of furan rings is 1. The van der Waals surface area contributed by atoms with Gasteiger partial charge in [-0.05, 0) is 47.2 Å². The lowest BCUT2D eigenvalue weighted by Gasteiger charge is -2.28. The lowest BCUT2D eigenvalue weighted by Crippen LogP contribution is -2.11. The molecule has 170 valence electrons. The van der Waals surface area contributed by atoms with Gasteiger partial charge in [-0.25, -0.2) is 0 Å². The molecule has 0 saturated heterocycles. The second-order valence-corrected chi connectivity index (χ2v) is 9.03. The highest BCUT2D eigenvalue weighted by Gasteiger charge is 2.18. The van der Waals surface area contributed by atoms with Crippen molar-refractivity contribution in [1.82, 2.24) is 0 Å². The van der Waals surface area contributed by atoms with Crippen LogP contribution in [0.4, 0.5) is 17.1 Å². The predicted octanol–water partition coefficient (Wildman–Crippen LogP) is 9.88. The molecule has 0 unspecified atom stereocenters. The lowest BCUT2D eigenvalue weighted by molar-refractivity contribution is 0.631. The van der Waals surface area contributed by atoms with Gasteiger partial charge < -0.3 is 9.32 Å². The van der Waals surface area contributed by atoms with Crippen LogP contribution < -0.4 is 4.90 Å². The Morgan fingerprint density at radius 3 is 1.67 bits per heavy atom. The van der Waals surface area contributed by atoms with E-state index in [9.17, 15) is 0 Å². The van der Waals surface area contributed by atoms with Gasteiger partial charge >= 0.3 is 0 Å². The van der Waals surface area contributed by atoms with Crippen molar-refractivity contribution in [3.05, 3.63) is 140 Å². The Morgan fingerprint density at radius 1 is 0.444 bits per heavy atom. The molecule has 0 N–H and O–H groups in total. The quantitative estimate of drug-likeness (QED) is 0.259. The summed E-state index contributed by atoms with van der Waals surface area (Å²) in [5.41, 5.74) is 5.32. The van der Waals surface area contributed by atoms with Crippen LogP contribution >= 0.6 is 0 Å². The zero-order valence-corrected chi connectivity index (χ0v) is 19.6. The number of fused-ring (bicyclic) bond motifs is 3. The van der Waals surface area contributed by atoms with Gasteiger partial charge in [-0.3, -0.25) is 0 Å². The minimum Gasteiger partial charge on any atom is -0.456 e. The van der Waals surface area contributed by atoms with Crippen LogP contribution in [-0.2, 0) is 0 Å². The maximum absolute atomic E-state index is 6.22. The summed E-state index contributed by atoms with van der Waals surface area (Å²) in [6.45, 7) is 0. The SMILES string of the molecule is c1cc(-c2cc3ccccc3o2)cc(N(c2cccc3ccccc23)c2cccc3ccccc23)c1. The van der Waals surface area contributed by atoms with Gasteiger partial charge in [0.15, 0.2) is 0 Å². The van der Waals surface area contributed by atoms with Gasteiger partial charge in [0.25, 0.3) is 0 Å². The molecule has 0 fully saturated rings. The largest absolute Gasteiger partial charge is 0.456 e. The molecule has 0 spiro atoms. The maximum atomic E-state index is 6.22. The van der Waals surface area contributed by atoms with E-state index in [0.29, 0.717) is 0 Å². The summed E-state index contributed by atoms with van der Waals surface area (Å²) in [7, 11) is 0. The summed E-state index contributed by atoms with van der Waals surface area (Å²) in [5.74, 6) is 0.869. The van der Waals surface area contributed by atoms with Crippen LogP contribution in [0.25, 0.3) is 43.8 Å². The Kier molecular flexibility index (Phi) is 4.82. The van der Waals surface area contributed by atoms with Gasteiger partial charge in [0, 0.05) is 27.4 Å². The molecule has 2 heteroatoms. The van der Waals surface area contributed by atoms with Gasteiger partial charge in [-0.2, -0.15) is 0 Å². The van der Waals surface area contributed by atoms with E-state index in [2.05, 4.69) is 126 Å². The van der Waals surface area contributed by atoms with Crippen LogP contribution in [0.1, 0.15) is 0 Å². The molecule has 1 aromatic heterocycles. The average molecular weight is 462 g/mol. The molecule has 0 aliphatic rings. The molecule has 0 aliphatic carbocycles. The van der Waals surface area contributed by atoms with Gasteiger partial charge in [-0.1, -0.05) is 103 Å². The number of nitrogens with zero attached hydrogens (tertiary/aromatic N) is 1. The van der Waals surface area contributed by atoms with E-state index in [-0.39, 0.29) is 0 Å². The first kappa shape index (κ1) is 20.5. The van der Waals surface area contributed by atoms with Crippen molar-refractivity contribution in [3.8, 4) is 11.3 Å². The maximum Gasteiger partial charge on any atom is 0.135 e. The molecule has 0 saturated carbocycles. The van der Waals surface area contributed by atoms with Crippen LogP contribution in [0.15, 0.2) is 144 Å². The van der Waals surface area contributed by atoms with Gasteiger partial charge in [0.1, 0.15) is 11.3 Å². The van der Waals surface area contributed by atoms with Crippen molar-refractivity contribution in [1.29, 1.82) is 0 Å². The molecule has 2 nitrogen and oxygen atoms in total. The Hall–Kier alpha value is -4.82. The molecule has 7 rings (SSSR count). The summed E-state index contributed by atoms with van der Waals surface area (Å²) in [6, 6.07) is 49.1. The third-order valence-electron chi connectivity index (χ3n) is 6.83. The monoisotopic (exact) mass is 461 g/mol. The van der Waals surface area contributed by atoms with Crippen LogP contribution in [-0.4, -0.2) is 0 Å². The van der Waals surface area contributed by atoms with Crippen molar-refractivity contribution < 1.29 is 4.42 Å². The summed E-state index contributed by atoms with van der Waals surface area (Å²) in [5, 5.41) is 5.96. The molecule has 0 atom stereocenters. The fourth-order valence-electron chi connectivity index (χ4n) is 5.14. The first-order chi connectivity index (χ1) is 17.8. The van der Waals surface area contributed by atoms with Gasteiger partial charge in [0.05, 0.1) is 11.4 Å². The fraction of sp³-hybridized carbons (Fsp3) is 0. The number of anilines is 3. The highest BCUT2D eigenvalue weighted by molar-refractivity contribution is 6.04. The van der Waals surface area contributed by atoms with Crippen molar-refractivity contribution in [3.63, 3.8) is 0 Å². The smallest absolute Gasteiger partial charge is 0.135 e. The van der Waals surface area contributed by atoms with Crippen LogP contribution in [0, 0.1) is 0 Å². The Morgan fingerprint density at radius 2 is 1.00 bits per heavy atom. The second-order valence-electron chi connectivity index (χ2n) is 9.03. The van der Waals surface area contributed by atoms with Crippen molar-refractivity contribution >= 4 is 49.6 Å². The van der Waals surface area contributed by atoms with E-state index in [1.54, 1.807) is 0 Å². The molecular formula is C34H23NO. The van der Waals surface area contributed by atoms with Crippen molar-refractivity contribution in [2.75, 3.05) is 4.90 Å². The Bertz CT molecular complexity index is 1740. The standard InChI is InChI=1S/C34H23NO/c1-4-17-29-24(10-1)13-8-19-31(29)35(32-20-9-14-25-11-2-5-18-30(25)32)28-16-7-15-26(22-28)34-23-27-12-3-6-21-33(27)36-34/h1-23H. The zero-order valence-electron chi connectivity index (χ0n) is 19.6.